The zero-order valence-electron chi connectivity index (χ0n) is 23.0. The second-order valence-electron chi connectivity index (χ2n) is 11.8. The summed E-state index contributed by atoms with van der Waals surface area (Å²) in [5, 5.41) is 0. The number of nitrogens with zero attached hydrogens (tertiary/aromatic N) is 3. The predicted molar refractivity (Wildman–Crippen MR) is 155 cm³/mol. The largest absolute Gasteiger partial charge is 0.491 e. The molecular weight excluding hydrogens is 540 g/mol. The zero-order chi connectivity index (χ0) is 28.2. The highest BCUT2D eigenvalue weighted by Crippen LogP contribution is 2.46. The van der Waals surface area contributed by atoms with Crippen LogP contribution in [-0.4, -0.2) is 47.9 Å². The molecule has 0 radical (unpaired) electrons. The van der Waals surface area contributed by atoms with Crippen LogP contribution in [0.1, 0.15) is 55.6 Å². The molecule has 0 unspecified atom stereocenters. The molecule has 1 aliphatic carbocycles. The second kappa shape index (κ2) is 10.1. The molecule has 2 bridgehead atoms. The van der Waals surface area contributed by atoms with Crippen LogP contribution in [0.5, 0.6) is 5.75 Å². The first-order chi connectivity index (χ1) is 19.8. The molecule has 4 aromatic rings. The maximum Gasteiger partial charge on any atom is 0.296 e. The second-order valence-corrected chi connectivity index (χ2v) is 13.4. The van der Waals surface area contributed by atoms with Crippen LogP contribution in [0, 0.1) is 12.8 Å². The first kappa shape index (κ1) is 26.4. The normalized spacial score (nSPS) is 25.4. The predicted octanol–water partition coefficient (Wildman–Crippen LogP) is 5.30. The Balaban J connectivity index is 1.07. The van der Waals surface area contributed by atoms with Crippen LogP contribution in [0.3, 0.4) is 0 Å². The number of hydrogen-bond acceptors (Lipinski definition) is 8. The molecule has 7 rings (SSSR count). The van der Waals surface area contributed by atoms with E-state index >= 15 is 0 Å². The van der Waals surface area contributed by atoms with Gasteiger partial charge in [-0.25, -0.2) is 9.97 Å². The smallest absolute Gasteiger partial charge is 0.296 e. The van der Waals surface area contributed by atoms with Crippen molar-refractivity contribution in [2.75, 3.05) is 18.9 Å². The molecule has 4 heterocycles. The van der Waals surface area contributed by atoms with Gasteiger partial charge in [-0.3, -0.25) is 4.18 Å². The van der Waals surface area contributed by atoms with Crippen LogP contribution >= 0.6 is 0 Å². The molecule has 2 saturated heterocycles. The quantitative estimate of drug-likeness (QED) is 0.268. The van der Waals surface area contributed by atoms with Crippen molar-refractivity contribution in [1.82, 2.24) is 14.5 Å². The summed E-state index contributed by atoms with van der Waals surface area (Å²) in [6.07, 6.45) is 9.94. The van der Waals surface area contributed by atoms with Crippen molar-refractivity contribution in [2.24, 2.45) is 5.92 Å². The Morgan fingerprint density at radius 1 is 1.10 bits per heavy atom. The minimum absolute atomic E-state index is 0.141. The van der Waals surface area contributed by atoms with Crippen LogP contribution in [0.25, 0.3) is 16.7 Å². The highest BCUT2D eigenvalue weighted by atomic mass is 32.2. The Morgan fingerprint density at radius 2 is 1.88 bits per heavy atom. The summed E-state index contributed by atoms with van der Waals surface area (Å²) >= 11 is 0. The van der Waals surface area contributed by atoms with Gasteiger partial charge in [0, 0.05) is 18.0 Å². The Morgan fingerprint density at radius 3 is 2.61 bits per heavy atom. The third-order valence-electron chi connectivity index (χ3n) is 8.94. The lowest BCUT2D eigenvalue weighted by Crippen LogP contribution is -2.32. The number of aromatic nitrogens is 3. The van der Waals surface area contributed by atoms with E-state index < -0.39 is 10.1 Å². The standard InChI is InChI=1S/C31H34N4O5S/c1-20-5-7-26(8-6-20)41(36,37)39-17-21-13-22(14-21)27-16-35(29-28(27)33-19-34-30(29)32)23-3-2-4-25(15-23)38-18-31-11-9-24(40-31)10-12-31/h2-8,15-16,19,21-22,24H,9-14,17-18H2,1H3,(H2,32,33,34). The fourth-order valence-corrected chi connectivity index (χ4v) is 7.49. The highest BCUT2D eigenvalue weighted by Gasteiger charge is 2.46. The van der Waals surface area contributed by atoms with Crippen LogP contribution in [0.4, 0.5) is 5.82 Å². The van der Waals surface area contributed by atoms with E-state index in [0.717, 1.165) is 72.1 Å². The summed E-state index contributed by atoms with van der Waals surface area (Å²) in [4.78, 5) is 9.04. The lowest BCUT2D eigenvalue weighted by Gasteiger charge is -2.34. The van der Waals surface area contributed by atoms with Gasteiger partial charge in [-0.05, 0) is 87.1 Å². The number of fused-ring (bicyclic) bond motifs is 3. The van der Waals surface area contributed by atoms with Crippen molar-refractivity contribution < 1.29 is 22.1 Å². The molecule has 0 amide bonds. The van der Waals surface area contributed by atoms with E-state index in [-0.39, 0.29) is 28.9 Å². The summed E-state index contributed by atoms with van der Waals surface area (Å²) in [7, 11) is -3.78. The van der Waals surface area contributed by atoms with E-state index in [1.54, 1.807) is 24.3 Å². The molecule has 0 atom stereocenters. The Hall–Kier alpha value is -3.47. The van der Waals surface area contributed by atoms with Crippen molar-refractivity contribution in [3.63, 3.8) is 0 Å². The van der Waals surface area contributed by atoms with Crippen LogP contribution in [-0.2, 0) is 19.0 Å². The molecule has 0 spiro atoms. The van der Waals surface area contributed by atoms with Crippen molar-refractivity contribution in [1.29, 1.82) is 0 Å². The molecule has 10 heteroatoms. The fraction of sp³-hybridized carbons (Fsp3) is 0.419. The van der Waals surface area contributed by atoms with E-state index in [4.69, 9.17) is 19.4 Å². The maximum atomic E-state index is 12.6. The molecule has 2 N–H and O–H groups in total. The molecule has 41 heavy (non-hydrogen) atoms. The van der Waals surface area contributed by atoms with Gasteiger partial charge in [-0.15, -0.1) is 0 Å². The van der Waals surface area contributed by atoms with Crippen molar-refractivity contribution in [3.05, 3.63) is 72.2 Å². The van der Waals surface area contributed by atoms with Crippen LogP contribution in [0.2, 0.25) is 0 Å². The van der Waals surface area contributed by atoms with E-state index in [9.17, 15) is 8.42 Å². The third-order valence-corrected chi connectivity index (χ3v) is 10.2. The Labute approximate surface area is 239 Å². The maximum absolute atomic E-state index is 12.6. The number of benzene rings is 2. The zero-order valence-corrected chi connectivity index (χ0v) is 23.8. The van der Waals surface area contributed by atoms with Gasteiger partial charge in [-0.2, -0.15) is 8.42 Å². The monoisotopic (exact) mass is 574 g/mol. The van der Waals surface area contributed by atoms with Gasteiger partial charge in [0.25, 0.3) is 10.1 Å². The Bertz CT molecular complexity index is 1690. The van der Waals surface area contributed by atoms with Gasteiger partial charge < -0.3 is 19.8 Å². The van der Waals surface area contributed by atoms with Gasteiger partial charge in [0.1, 0.15) is 29.8 Å². The minimum atomic E-state index is -3.78. The first-order valence-electron chi connectivity index (χ1n) is 14.3. The molecule has 2 aromatic heterocycles. The molecule has 2 aliphatic heterocycles. The summed E-state index contributed by atoms with van der Waals surface area (Å²) in [6, 6.07) is 14.7. The first-order valence-corrected chi connectivity index (χ1v) is 15.7. The van der Waals surface area contributed by atoms with Crippen molar-refractivity contribution >= 4 is 27.0 Å². The van der Waals surface area contributed by atoms with Gasteiger partial charge >= 0.3 is 0 Å². The van der Waals surface area contributed by atoms with Gasteiger partial charge in [0.2, 0.25) is 0 Å². The third kappa shape index (κ3) is 4.98. The van der Waals surface area contributed by atoms with E-state index in [1.165, 1.54) is 6.33 Å². The van der Waals surface area contributed by atoms with E-state index in [1.807, 2.05) is 35.8 Å². The molecule has 3 aliphatic rings. The lowest BCUT2D eigenvalue weighted by atomic mass is 9.72. The highest BCUT2D eigenvalue weighted by molar-refractivity contribution is 7.86. The van der Waals surface area contributed by atoms with Crippen LogP contribution < -0.4 is 10.5 Å². The molecule has 2 aromatic carbocycles. The summed E-state index contributed by atoms with van der Waals surface area (Å²) in [5.41, 5.74) is 10.8. The summed E-state index contributed by atoms with van der Waals surface area (Å²) in [6.45, 7) is 2.63. The van der Waals surface area contributed by atoms with Gasteiger partial charge in [0.15, 0.2) is 5.82 Å². The van der Waals surface area contributed by atoms with Crippen molar-refractivity contribution in [3.8, 4) is 11.4 Å². The molecular formula is C31H34N4O5S. The SMILES string of the molecule is Cc1ccc(S(=O)(=O)OCC2CC(c3cn(-c4cccc(OCC56CCC(CC5)O6)c4)c4c(N)ncnc34)C2)cc1. The average Bonchev–Trinajstić information content (AvgIpc) is 3.66. The number of aryl methyl sites for hydroxylation is 1. The van der Waals surface area contributed by atoms with Gasteiger partial charge in [0.05, 0.1) is 23.1 Å². The Kier molecular flexibility index (Phi) is 6.52. The van der Waals surface area contributed by atoms with E-state index in [2.05, 4.69) is 16.2 Å². The molecule has 9 nitrogen and oxygen atoms in total. The summed E-state index contributed by atoms with van der Waals surface area (Å²) < 4.78 is 45.1. The number of rotatable bonds is 9. The van der Waals surface area contributed by atoms with Crippen molar-refractivity contribution in [2.45, 2.75) is 68.0 Å². The molecule has 1 saturated carbocycles. The molecule has 3 fully saturated rings. The summed E-state index contributed by atoms with van der Waals surface area (Å²) in [5.74, 6) is 1.55. The number of anilines is 1. The van der Waals surface area contributed by atoms with Gasteiger partial charge in [-0.1, -0.05) is 23.8 Å². The van der Waals surface area contributed by atoms with E-state index in [0.29, 0.717) is 18.5 Å². The number of hydrogen-bond donors (Lipinski definition) is 1. The number of nitrogens with two attached hydrogens (primary N) is 1. The fourth-order valence-electron chi connectivity index (χ4n) is 6.52. The average molecular weight is 575 g/mol. The topological polar surface area (TPSA) is 119 Å². The van der Waals surface area contributed by atoms with Crippen LogP contribution in [0.15, 0.2) is 66.0 Å². The number of nitrogen functional groups attached to an aromatic ring is 1. The number of ether oxygens (including phenoxy) is 2. The minimum Gasteiger partial charge on any atom is -0.491 e. The lowest BCUT2D eigenvalue weighted by molar-refractivity contribution is -0.0198. The molecule has 214 valence electrons.